The number of aromatic nitrogens is 2. The Morgan fingerprint density at radius 2 is 1.71 bits per heavy atom. The topological polar surface area (TPSA) is 33.1 Å². The van der Waals surface area contributed by atoms with Crippen molar-refractivity contribution in [1.29, 1.82) is 0 Å². The molecule has 172 valence electrons. The number of nitrogens with one attached hydrogen (secondary N) is 1. The van der Waals surface area contributed by atoms with Crippen molar-refractivity contribution in [2.75, 3.05) is 4.90 Å². The zero-order valence-corrected chi connectivity index (χ0v) is 21.4. The molecule has 2 aromatic carbocycles. The number of nitrogens with zero attached hydrogens (tertiary/aromatic N) is 3. The first-order valence-electron chi connectivity index (χ1n) is 11.1. The Bertz CT molecular complexity index is 1370. The molecular weight excluding hydrogens is 483 g/mol. The van der Waals surface area contributed by atoms with Crippen LogP contribution in [0.4, 0.5) is 5.69 Å². The molecule has 2 aromatic heterocycles. The molecule has 34 heavy (non-hydrogen) atoms. The average molecular weight is 507 g/mol. The van der Waals surface area contributed by atoms with Crippen LogP contribution in [0.15, 0.2) is 72.9 Å². The fraction of sp³-hybridized carbons (Fsp3) is 0.185. The molecule has 2 unspecified atom stereocenters. The standard InChI is InChI=1S/C27H24Cl2N4S/c1-16-7-10-20(11-8-16)33-26(25(31-27(33)34)23-6-4-5-13-30-23)21-14-17(2)32(18(21)3)24-12-9-19(28)15-22(24)29/h4-15,25-26H,1-3H3,(H,31,34). The van der Waals surface area contributed by atoms with E-state index in [1.165, 1.54) is 5.56 Å². The summed E-state index contributed by atoms with van der Waals surface area (Å²) in [4.78, 5) is 6.86. The highest BCUT2D eigenvalue weighted by atomic mass is 35.5. The molecule has 1 fully saturated rings. The minimum absolute atomic E-state index is 0.0869. The Morgan fingerprint density at radius 1 is 0.941 bits per heavy atom. The quantitative estimate of drug-likeness (QED) is 0.294. The van der Waals surface area contributed by atoms with Crippen LogP contribution in [-0.2, 0) is 0 Å². The van der Waals surface area contributed by atoms with Gasteiger partial charge < -0.3 is 14.8 Å². The van der Waals surface area contributed by atoms with Crippen molar-refractivity contribution in [3.63, 3.8) is 0 Å². The van der Waals surface area contributed by atoms with Crippen LogP contribution in [0.25, 0.3) is 5.69 Å². The molecule has 2 atom stereocenters. The Kier molecular flexibility index (Phi) is 6.11. The number of hydrogen-bond acceptors (Lipinski definition) is 2. The maximum Gasteiger partial charge on any atom is 0.174 e. The molecule has 4 nitrogen and oxygen atoms in total. The fourth-order valence-electron chi connectivity index (χ4n) is 4.77. The summed E-state index contributed by atoms with van der Waals surface area (Å²) < 4.78 is 2.18. The lowest BCUT2D eigenvalue weighted by Crippen LogP contribution is -2.29. The van der Waals surface area contributed by atoms with Crippen LogP contribution in [-0.4, -0.2) is 14.7 Å². The number of benzene rings is 2. The van der Waals surface area contributed by atoms with Crippen molar-refractivity contribution < 1.29 is 0 Å². The molecule has 1 saturated heterocycles. The summed E-state index contributed by atoms with van der Waals surface area (Å²) in [5.41, 5.74) is 7.42. The number of anilines is 1. The first-order valence-corrected chi connectivity index (χ1v) is 12.2. The van der Waals surface area contributed by atoms with Crippen molar-refractivity contribution >= 4 is 46.2 Å². The van der Waals surface area contributed by atoms with Gasteiger partial charge in [-0.1, -0.05) is 47.0 Å². The predicted octanol–water partition coefficient (Wildman–Crippen LogP) is 7.28. The van der Waals surface area contributed by atoms with Gasteiger partial charge in [-0.15, -0.1) is 0 Å². The summed E-state index contributed by atoms with van der Waals surface area (Å²) in [7, 11) is 0. The SMILES string of the molecule is Cc1ccc(N2C(=S)NC(c3ccccn3)C2c2cc(C)n(-c3ccc(Cl)cc3Cl)c2C)cc1. The van der Waals surface area contributed by atoms with Crippen molar-refractivity contribution in [2.24, 2.45) is 0 Å². The minimum atomic E-state index is -0.107. The summed E-state index contributed by atoms with van der Waals surface area (Å²) in [5.74, 6) is 0. The predicted molar refractivity (Wildman–Crippen MR) is 144 cm³/mol. The van der Waals surface area contributed by atoms with Crippen LogP contribution in [0, 0.1) is 20.8 Å². The monoisotopic (exact) mass is 506 g/mol. The lowest BCUT2D eigenvalue weighted by Gasteiger charge is -2.28. The summed E-state index contributed by atoms with van der Waals surface area (Å²) in [6, 6.07) is 22.1. The third kappa shape index (κ3) is 3.98. The van der Waals surface area contributed by atoms with E-state index >= 15 is 0 Å². The van der Waals surface area contributed by atoms with Gasteiger partial charge in [0.1, 0.15) is 0 Å². The molecule has 7 heteroatoms. The Labute approximate surface area is 215 Å². The molecule has 1 aliphatic heterocycles. The molecule has 4 aromatic rings. The average Bonchev–Trinajstić information content (AvgIpc) is 3.31. The Hall–Kier alpha value is -2.86. The zero-order chi connectivity index (χ0) is 24.0. The summed E-state index contributed by atoms with van der Waals surface area (Å²) >= 11 is 18.6. The summed E-state index contributed by atoms with van der Waals surface area (Å²) in [6.07, 6.45) is 1.82. The molecule has 1 aliphatic rings. The molecule has 0 aliphatic carbocycles. The number of thiocarbonyl (C=S) groups is 1. The highest BCUT2D eigenvalue weighted by Gasteiger charge is 2.42. The second kappa shape index (κ2) is 9.06. The molecular formula is C27H24Cl2N4S. The van der Waals surface area contributed by atoms with Gasteiger partial charge in [-0.3, -0.25) is 4.98 Å². The van der Waals surface area contributed by atoms with Gasteiger partial charge >= 0.3 is 0 Å². The van der Waals surface area contributed by atoms with Crippen molar-refractivity contribution in [2.45, 2.75) is 32.9 Å². The van der Waals surface area contributed by atoms with E-state index < -0.39 is 0 Å². The van der Waals surface area contributed by atoms with Crippen LogP contribution >= 0.6 is 35.4 Å². The maximum absolute atomic E-state index is 6.61. The fourth-order valence-corrected chi connectivity index (χ4v) is 5.61. The minimum Gasteiger partial charge on any atom is -0.351 e. The van der Waals surface area contributed by atoms with E-state index in [-0.39, 0.29) is 12.1 Å². The van der Waals surface area contributed by atoms with Crippen LogP contribution in [0.3, 0.4) is 0 Å². The number of hydrogen-bond donors (Lipinski definition) is 1. The van der Waals surface area contributed by atoms with Gasteiger partial charge in [0.15, 0.2) is 5.11 Å². The van der Waals surface area contributed by atoms with Crippen LogP contribution in [0.5, 0.6) is 0 Å². The molecule has 0 amide bonds. The van der Waals surface area contributed by atoms with Crippen LogP contribution in [0.1, 0.15) is 40.3 Å². The zero-order valence-electron chi connectivity index (χ0n) is 19.1. The molecule has 0 spiro atoms. The van der Waals surface area contributed by atoms with Crippen molar-refractivity contribution in [1.82, 2.24) is 14.9 Å². The third-order valence-corrected chi connectivity index (χ3v) is 7.20. The summed E-state index contributed by atoms with van der Waals surface area (Å²) in [6.45, 7) is 6.30. The Balaban J connectivity index is 1.69. The van der Waals surface area contributed by atoms with E-state index in [1.54, 1.807) is 6.07 Å². The highest BCUT2D eigenvalue weighted by molar-refractivity contribution is 7.80. The maximum atomic E-state index is 6.61. The van der Waals surface area contributed by atoms with Gasteiger partial charge in [0.05, 0.1) is 28.5 Å². The second-order valence-corrected chi connectivity index (χ2v) is 9.82. The van der Waals surface area contributed by atoms with Gasteiger partial charge in [0, 0.05) is 28.3 Å². The van der Waals surface area contributed by atoms with Gasteiger partial charge in [-0.2, -0.15) is 0 Å². The van der Waals surface area contributed by atoms with Crippen LogP contribution in [0.2, 0.25) is 10.0 Å². The van der Waals surface area contributed by atoms with E-state index in [0.717, 1.165) is 34.0 Å². The lowest BCUT2D eigenvalue weighted by atomic mass is 9.96. The number of pyridine rings is 1. The largest absolute Gasteiger partial charge is 0.351 e. The van der Waals surface area contributed by atoms with Crippen molar-refractivity contribution in [3.8, 4) is 5.69 Å². The van der Waals surface area contributed by atoms with Gasteiger partial charge in [0.25, 0.3) is 0 Å². The van der Waals surface area contributed by atoms with E-state index in [0.29, 0.717) is 15.2 Å². The van der Waals surface area contributed by atoms with Gasteiger partial charge in [-0.25, -0.2) is 0 Å². The number of rotatable bonds is 4. The molecule has 0 saturated carbocycles. The normalized spacial score (nSPS) is 17.8. The number of aryl methyl sites for hydroxylation is 2. The first kappa shape index (κ1) is 22.9. The Morgan fingerprint density at radius 3 is 2.38 bits per heavy atom. The summed E-state index contributed by atoms with van der Waals surface area (Å²) in [5, 5.41) is 5.44. The van der Waals surface area contributed by atoms with Gasteiger partial charge in [0.2, 0.25) is 0 Å². The second-order valence-electron chi connectivity index (χ2n) is 8.59. The van der Waals surface area contributed by atoms with E-state index in [1.807, 2.05) is 36.5 Å². The molecule has 5 rings (SSSR count). The van der Waals surface area contributed by atoms with Crippen molar-refractivity contribution in [3.05, 3.63) is 111 Å². The van der Waals surface area contributed by atoms with E-state index in [9.17, 15) is 0 Å². The molecule has 0 radical (unpaired) electrons. The smallest absolute Gasteiger partial charge is 0.174 e. The first-order chi connectivity index (χ1) is 16.3. The van der Waals surface area contributed by atoms with Crippen LogP contribution < -0.4 is 10.2 Å². The molecule has 0 bridgehead atoms. The molecule has 3 heterocycles. The number of halogens is 2. The lowest BCUT2D eigenvalue weighted by molar-refractivity contribution is 0.565. The molecule has 1 N–H and O–H groups in total. The van der Waals surface area contributed by atoms with Gasteiger partial charge in [-0.05, 0) is 87.1 Å². The van der Waals surface area contributed by atoms with E-state index in [4.69, 9.17) is 35.4 Å². The van der Waals surface area contributed by atoms with E-state index in [2.05, 4.69) is 70.9 Å². The highest BCUT2D eigenvalue weighted by Crippen LogP contribution is 2.44. The third-order valence-electron chi connectivity index (χ3n) is 6.35.